The van der Waals surface area contributed by atoms with Crippen molar-refractivity contribution in [2.75, 3.05) is 0 Å². The maximum absolute atomic E-state index is 4.81. The molecule has 0 bridgehead atoms. The zero-order valence-corrected chi connectivity index (χ0v) is 10.8. The van der Waals surface area contributed by atoms with Crippen LogP contribution in [0.15, 0.2) is 34.7 Å². The van der Waals surface area contributed by atoms with E-state index in [4.69, 9.17) is 4.52 Å². The predicted octanol–water partition coefficient (Wildman–Crippen LogP) is 2.62. The van der Waals surface area contributed by atoms with Crippen LogP contribution < -0.4 is 0 Å². The van der Waals surface area contributed by atoms with Crippen molar-refractivity contribution in [3.05, 3.63) is 36.5 Å². The molecule has 0 aliphatic heterocycles. The minimum absolute atomic E-state index is 0.596. The largest absolute Gasteiger partial charge is 0.364 e. The molecule has 1 aliphatic rings. The first-order valence-electron chi connectivity index (χ1n) is 5.94. The van der Waals surface area contributed by atoms with Crippen LogP contribution in [-0.4, -0.2) is 19.9 Å². The van der Waals surface area contributed by atoms with E-state index in [1.807, 2.05) is 12.1 Å². The van der Waals surface area contributed by atoms with Crippen LogP contribution in [0.1, 0.15) is 30.3 Å². The van der Waals surface area contributed by atoms with E-state index in [0.29, 0.717) is 5.92 Å². The summed E-state index contributed by atoms with van der Waals surface area (Å²) >= 11 is 1.63. The first-order valence-corrected chi connectivity index (χ1v) is 6.93. The van der Waals surface area contributed by atoms with Crippen molar-refractivity contribution in [1.29, 1.82) is 0 Å². The van der Waals surface area contributed by atoms with Crippen molar-refractivity contribution in [3.8, 4) is 0 Å². The van der Waals surface area contributed by atoms with Crippen LogP contribution in [0, 0.1) is 0 Å². The van der Waals surface area contributed by atoms with Gasteiger partial charge in [0.25, 0.3) is 0 Å². The van der Waals surface area contributed by atoms with Crippen LogP contribution in [0.4, 0.5) is 0 Å². The molecule has 94 valence electrons. The van der Waals surface area contributed by atoms with Crippen molar-refractivity contribution in [3.63, 3.8) is 0 Å². The molecule has 2 aromatic heterocycles. The molecule has 0 aromatic carbocycles. The van der Waals surface area contributed by atoms with Crippen molar-refractivity contribution in [1.82, 2.24) is 19.9 Å². The number of aromatic nitrogens is 4. The second-order valence-corrected chi connectivity index (χ2v) is 5.24. The highest BCUT2D eigenvalue weighted by Gasteiger charge is 2.30. The lowest BCUT2D eigenvalue weighted by molar-refractivity contribution is 0.414. The zero-order valence-electron chi connectivity index (χ0n) is 9.95. The average molecular weight is 262 g/mol. The molecule has 0 unspecified atom stereocenters. The third kappa shape index (κ3) is 2.33. The second-order valence-electron chi connectivity index (χ2n) is 4.29. The van der Waals surface area contributed by atoms with Gasteiger partial charge in [0.15, 0.2) is 5.16 Å². The Morgan fingerprint density at radius 1 is 1.50 bits per heavy atom. The number of rotatable bonds is 6. The number of nitrogens with zero attached hydrogens (tertiary/aromatic N) is 4. The summed E-state index contributed by atoms with van der Waals surface area (Å²) in [6.07, 6.45) is 5.92. The fraction of sp³-hybridized carbons (Fsp3) is 0.417. The van der Waals surface area contributed by atoms with Crippen LogP contribution in [0.2, 0.25) is 0 Å². The van der Waals surface area contributed by atoms with Gasteiger partial charge >= 0.3 is 0 Å². The molecule has 0 atom stereocenters. The van der Waals surface area contributed by atoms with Gasteiger partial charge in [-0.25, -0.2) is 0 Å². The van der Waals surface area contributed by atoms with Gasteiger partial charge in [0.05, 0.1) is 5.69 Å². The Balaban J connectivity index is 1.75. The van der Waals surface area contributed by atoms with Gasteiger partial charge in [0.2, 0.25) is 0 Å². The van der Waals surface area contributed by atoms with Gasteiger partial charge in [-0.3, -0.25) is 0 Å². The summed E-state index contributed by atoms with van der Waals surface area (Å²) in [6, 6.07) is 1.86. The molecular weight excluding hydrogens is 248 g/mol. The van der Waals surface area contributed by atoms with Gasteiger partial charge in [0, 0.05) is 24.3 Å². The van der Waals surface area contributed by atoms with Gasteiger partial charge in [-0.05, 0) is 12.8 Å². The smallest absolute Gasteiger partial charge is 0.191 e. The van der Waals surface area contributed by atoms with E-state index in [2.05, 4.69) is 26.5 Å². The molecule has 0 N–H and O–H groups in total. The van der Waals surface area contributed by atoms with Crippen molar-refractivity contribution >= 4 is 11.8 Å². The highest BCUT2D eigenvalue weighted by molar-refractivity contribution is 7.98. The molecule has 18 heavy (non-hydrogen) atoms. The maximum atomic E-state index is 4.81. The zero-order chi connectivity index (χ0) is 12.4. The van der Waals surface area contributed by atoms with E-state index in [1.165, 1.54) is 12.8 Å². The summed E-state index contributed by atoms with van der Waals surface area (Å²) in [5, 5.41) is 13.4. The molecule has 1 aliphatic carbocycles. The van der Waals surface area contributed by atoms with Crippen LogP contribution in [-0.2, 0) is 12.3 Å². The molecule has 2 heterocycles. The standard InChI is InChI=1S/C12H14N4OS/c1-2-6-16-11(9-3-4-9)13-14-12(16)18-8-10-5-7-17-15-10/h2,5,7,9H,1,3-4,6,8H2. The molecule has 3 rings (SSSR count). The average Bonchev–Trinajstić information content (AvgIpc) is 2.94. The molecule has 6 heteroatoms. The third-order valence-electron chi connectivity index (χ3n) is 2.84. The minimum atomic E-state index is 0.596. The Kier molecular flexibility index (Phi) is 3.19. The normalized spacial score (nSPS) is 14.9. The maximum Gasteiger partial charge on any atom is 0.191 e. The van der Waals surface area contributed by atoms with Gasteiger partial charge in [-0.2, -0.15) is 0 Å². The molecule has 5 nitrogen and oxygen atoms in total. The van der Waals surface area contributed by atoms with E-state index in [0.717, 1.165) is 29.0 Å². The fourth-order valence-electron chi connectivity index (χ4n) is 1.80. The highest BCUT2D eigenvalue weighted by atomic mass is 32.2. The Hall–Kier alpha value is -1.56. The van der Waals surface area contributed by atoms with Gasteiger partial charge in [0.1, 0.15) is 12.1 Å². The van der Waals surface area contributed by atoms with Crippen LogP contribution >= 0.6 is 11.8 Å². The molecule has 0 spiro atoms. The van der Waals surface area contributed by atoms with E-state index in [9.17, 15) is 0 Å². The summed E-state index contributed by atoms with van der Waals surface area (Å²) < 4.78 is 6.96. The van der Waals surface area contributed by atoms with Gasteiger partial charge < -0.3 is 9.09 Å². The molecule has 1 fully saturated rings. The second kappa shape index (κ2) is 4.97. The molecule has 0 radical (unpaired) electrons. The van der Waals surface area contributed by atoms with Crippen LogP contribution in [0.3, 0.4) is 0 Å². The predicted molar refractivity (Wildman–Crippen MR) is 68.3 cm³/mol. The topological polar surface area (TPSA) is 56.7 Å². The van der Waals surface area contributed by atoms with Crippen molar-refractivity contribution in [2.24, 2.45) is 0 Å². The highest BCUT2D eigenvalue weighted by Crippen LogP contribution is 2.40. The van der Waals surface area contributed by atoms with E-state index < -0.39 is 0 Å². The Bertz CT molecular complexity index is 530. The Morgan fingerprint density at radius 3 is 3.06 bits per heavy atom. The summed E-state index contributed by atoms with van der Waals surface area (Å²) in [5.41, 5.74) is 0.918. The summed E-state index contributed by atoms with van der Waals surface area (Å²) in [5.74, 6) is 2.44. The lowest BCUT2D eigenvalue weighted by Gasteiger charge is -2.05. The van der Waals surface area contributed by atoms with Crippen molar-refractivity contribution < 1.29 is 4.52 Å². The molecule has 0 saturated heterocycles. The monoisotopic (exact) mass is 262 g/mol. The number of thioether (sulfide) groups is 1. The first-order chi connectivity index (χ1) is 8.88. The van der Waals surface area contributed by atoms with E-state index in [1.54, 1.807) is 18.0 Å². The lowest BCUT2D eigenvalue weighted by Crippen LogP contribution is -2.02. The minimum Gasteiger partial charge on any atom is -0.364 e. The van der Waals surface area contributed by atoms with Gasteiger partial charge in [-0.15, -0.1) is 16.8 Å². The molecule has 0 amide bonds. The van der Waals surface area contributed by atoms with Gasteiger partial charge in [-0.1, -0.05) is 23.0 Å². The van der Waals surface area contributed by atoms with Crippen molar-refractivity contribution in [2.45, 2.75) is 36.2 Å². The lowest BCUT2D eigenvalue weighted by atomic mass is 10.4. The summed E-state index contributed by atoms with van der Waals surface area (Å²) in [7, 11) is 0. The van der Waals surface area contributed by atoms with E-state index >= 15 is 0 Å². The summed E-state index contributed by atoms with van der Waals surface area (Å²) in [4.78, 5) is 0. The number of hydrogen-bond acceptors (Lipinski definition) is 5. The van der Waals surface area contributed by atoms with Crippen LogP contribution in [0.25, 0.3) is 0 Å². The third-order valence-corrected chi connectivity index (χ3v) is 3.84. The quantitative estimate of drug-likeness (QED) is 0.591. The number of hydrogen-bond donors (Lipinski definition) is 0. The van der Waals surface area contributed by atoms with E-state index in [-0.39, 0.29) is 0 Å². The molecular formula is C12H14N4OS. The molecule has 2 aromatic rings. The van der Waals surface area contributed by atoms with Crippen LogP contribution in [0.5, 0.6) is 0 Å². The molecule has 1 saturated carbocycles. The SMILES string of the molecule is C=CCn1c(SCc2ccon2)nnc1C1CC1. The summed E-state index contributed by atoms with van der Waals surface area (Å²) in [6.45, 7) is 4.56. The Labute approximate surface area is 109 Å². The Morgan fingerprint density at radius 2 is 2.39 bits per heavy atom. The fourth-order valence-corrected chi connectivity index (χ4v) is 2.65. The first kappa shape index (κ1) is 11.5. The number of allylic oxidation sites excluding steroid dienone is 1.